The Kier molecular flexibility index (Phi) is 3.92. The Balaban J connectivity index is 3.08. The van der Waals surface area contributed by atoms with Gasteiger partial charge in [-0.05, 0) is 13.8 Å². The van der Waals surface area contributed by atoms with E-state index in [1.165, 1.54) is 0 Å². The molecular weight excluding hydrogens is 221 g/mol. The SMILES string of the molecule is CCNc1cc(C(F)(F)F)nc(NCC)n1. The molecule has 4 nitrogen and oxygen atoms in total. The molecule has 0 atom stereocenters. The maximum absolute atomic E-state index is 12.5. The molecule has 0 saturated carbocycles. The van der Waals surface area contributed by atoms with Crippen molar-refractivity contribution in [3.63, 3.8) is 0 Å². The molecule has 0 amide bonds. The van der Waals surface area contributed by atoms with Gasteiger partial charge < -0.3 is 10.6 Å². The lowest BCUT2D eigenvalue weighted by molar-refractivity contribution is -0.141. The van der Waals surface area contributed by atoms with Crippen molar-refractivity contribution in [2.45, 2.75) is 20.0 Å². The van der Waals surface area contributed by atoms with E-state index in [0.717, 1.165) is 6.07 Å². The highest BCUT2D eigenvalue weighted by atomic mass is 19.4. The summed E-state index contributed by atoms with van der Waals surface area (Å²) in [6.45, 7) is 4.51. The molecule has 0 fully saturated rings. The molecule has 0 bridgehead atoms. The fraction of sp³-hybridized carbons (Fsp3) is 0.556. The fourth-order valence-corrected chi connectivity index (χ4v) is 1.10. The fourth-order valence-electron chi connectivity index (χ4n) is 1.10. The number of aromatic nitrogens is 2. The van der Waals surface area contributed by atoms with E-state index in [-0.39, 0.29) is 11.8 Å². The Bertz CT molecular complexity index is 327. The zero-order valence-corrected chi connectivity index (χ0v) is 9.02. The average Bonchev–Trinajstić information content (AvgIpc) is 2.17. The van der Waals surface area contributed by atoms with Gasteiger partial charge in [0, 0.05) is 19.2 Å². The summed E-state index contributed by atoms with van der Waals surface area (Å²) in [5.74, 6) is 0.147. The summed E-state index contributed by atoms with van der Waals surface area (Å²) in [5, 5.41) is 5.38. The van der Waals surface area contributed by atoms with Gasteiger partial charge in [0.05, 0.1) is 0 Å². The molecule has 2 N–H and O–H groups in total. The first-order chi connectivity index (χ1) is 7.47. The van der Waals surface area contributed by atoms with Crippen LogP contribution in [0.2, 0.25) is 0 Å². The first-order valence-corrected chi connectivity index (χ1v) is 4.91. The number of nitrogens with zero attached hydrogens (tertiary/aromatic N) is 2. The van der Waals surface area contributed by atoms with E-state index in [1.807, 2.05) is 0 Å². The Morgan fingerprint density at radius 1 is 1.12 bits per heavy atom. The summed E-state index contributed by atoms with van der Waals surface area (Å²) in [6.07, 6.45) is -4.46. The first-order valence-electron chi connectivity index (χ1n) is 4.91. The monoisotopic (exact) mass is 234 g/mol. The van der Waals surface area contributed by atoms with Crippen molar-refractivity contribution < 1.29 is 13.2 Å². The van der Waals surface area contributed by atoms with Gasteiger partial charge in [0.15, 0.2) is 5.69 Å². The van der Waals surface area contributed by atoms with Gasteiger partial charge in [0.25, 0.3) is 0 Å². The summed E-state index contributed by atoms with van der Waals surface area (Å²) >= 11 is 0. The minimum absolute atomic E-state index is 0.0201. The third-order valence-electron chi connectivity index (χ3n) is 1.71. The van der Waals surface area contributed by atoms with Crippen LogP contribution in [0.15, 0.2) is 6.07 Å². The molecule has 0 spiro atoms. The van der Waals surface area contributed by atoms with Crippen molar-refractivity contribution in [3.05, 3.63) is 11.8 Å². The van der Waals surface area contributed by atoms with E-state index in [9.17, 15) is 13.2 Å². The minimum Gasteiger partial charge on any atom is -0.370 e. The highest BCUT2D eigenvalue weighted by molar-refractivity contribution is 5.42. The van der Waals surface area contributed by atoms with E-state index in [1.54, 1.807) is 13.8 Å². The lowest BCUT2D eigenvalue weighted by Crippen LogP contribution is -2.14. The van der Waals surface area contributed by atoms with Gasteiger partial charge in [-0.2, -0.15) is 18.2 Å². The highest BCUT2D eigenvalue weighted by Gasteiger charge is 2.33. The standard InChI is InChI=1S/C9H13F3N4/c1-3-13-7-5-6(9(10,11)12)15-8(16-7)14-4-2/h5H,3-4H2,1-2H3,(H2,13,14,15,16). The van der Waals surface area contributed by atoms with Crippen molar-refractivity contribution in [1.82, 2.24) is 9.97 Å². The maximum atomic E-state index is 12.5. The quantitative estimate of drug-likeness (QED) is 0.839. The molecule has 0 saturated heterocycles. The average molecular weight is 234 g/mol. The van der Waals surface area contributed by atoms with Crippen LogP contribution in [0.5, 0.6) is 0 Å². The number of nitrogens with one attached hydrogen (secondary N) is 2. The van der Waals surface area contributed by atoms with Crippen molar-refractivity contribution >= 4 is 11.8 Å². The van der Waals surface area contributed by atoms with Crippen LogP contribution in [0, 0.1) is 0 Å². The normalized spacial score (nSPS) is 11.3. The van der Waals surface area contributed by atoms with Crippen molar-refractivity contribution in [1.29, 1.82) is 0 Å². The van der Waals surface area contributed by atoms with Gasteiger partial charge in [-0.15, -0.1) is 0 Å². The van der Waals surface area contributed by atoms with Crippen LogP contribution >= 0.6 is 0 Å². The van der Waals surface area contributed by atoms with Crippen molar-refractivity contribution in [3.8, 4) is 0 Å². The smallest absolute Gasteiger partial charge is 0.370 e. The Labute approximate surface area is 91.3 Å². The molecule has 1 aromatic rings. The van der Waals surface area contributed by atoms with Crippen LogP contribution in [0.4, 0.5) is 24.9 Å². The topological polar surface area (TPSA) is 49.8 Å². The number of hydrogen-bond acceptors (Lipinski definition) is 4. The van der Waals surface area contributed by atoms with Crippen molar-refractivity contribution in [2.75, 3.05) is 23.7 Å². The van der Waals surface area contributed by atoms with Crippen LogP contribution in [-0.2, 0) is 6.18 Å². The number of halogens is 3. The van der Waals surface area contributed by atoms with Crippen LogP contribution in [0.3, 0.4) is 0 Å². The lowest BCUT2D eigenvalue weighted by Gasteiger charge is -2.11. The Morgan fingerprint density at radius 3 is 2.25 bits per heavy atom. The molecule has 0 radical (unpaired) electrons. The molecular formula is C9H13F3N4. The zero-order chi connectivity index (χ0) is 12.2. The second-order valence-electron chi connectivity index (χ2n) is 3.02. The van der Waals surface area contributed by atoms with Gasteiger partial charge in [-0.1, -0.05) is 0 Å². The largest absolute Gasteiger partial charge is 0.433 e. The molecule has 1 aromatic heterocycles. The summed E-state index contributed by atoms with van der Waals surface area (Å²) in [5.41, 5.74) is -0.950. The molecule has 90 valence electrons. The second kappa shape index (κ2) is 5.00. The van der Waals surface area contributed by atoms with Gasteiger partial charge in [0.2, 0.25) is 5.95 Å². The van der Waals surface area contributed by atoms with Crippen LogP contribution in [-0.4, -0.2) is 23.1 Å². The summed E-state index contributed by atoms with van der Waals surface area (Å²) in [7, 11) is 0. The van der Waals surface area contributed by atoms with E-state index in [2.05, 4.69) is 20.6 Å². The molecule has 16 heavy (non-hydrogen) atoms. The van der Waals surface area contributed by atoms with Gasteiger partial charge in [-0.25, -0.2) is 4.98 Å². The summed E-state index contributed by atoms with van der Waals surface area (Å²) in [6, 6.07) is 0.893. The third-order valence-corrected chi connectivity index (χ3v) is 1.71. The number of anilines is 2. The molecule has 0 aromatic carbocycles. The lowest BCUT2D eigenvalue weighted by atomic mass is 10.3. The molecule has 0 unspecified atom stereocenters. The predicted octanol–water partition coefficient (Wildman–Crippen LogP) is 2.36. The van der Waals surface area contributed by atoms with Gasteiger partial charge in [-0.3, -0.25) is 0 Å². The van der Waals surface area contributed by atoms with Crippen LogP contribution in [0.1, 0.15) is 19.5 Å². The molecule has 0 aliphatic carbocycles. The van der Waals surface area contributed by atoms with E-state index < -0.39 is 11.9 Å². The van der Waals surface area contributed by atoms with Gasteiger partial charge in [0.1, 0.15) is 5.82 Å². The van der Waals surface area contributed by atoms with Crippen LogP contribution < -0.4 is 10.6 Å². The minimum atomic E-state index is -4.46. The van der Waals surface area contributed by atoms with E-state index in [0.29, 0.717) is 13.1 Å². The van der Waals surface area contributed by atoms with E-state index in [4.69, 9.17) is 0 Å². The molecule has 1 rings (SSSR count). The van der Waals surface area contributed by atoms with E-state index >= 15 is 0 Å². The Morgan fingerprint density at radius 2 is 1.75 bits per heavy atom. The Hall–Kier alpha value is -1.53. The molecule has 1 heterocycles. The van der Waals surface area contributed by atoms with Crippen LogP contribution in [0.25, 0.3) is 0 Å². The van der Waals surface area contributed by atoms with Gasteiger partial charge >= 0.3 is 6.18 Å². The zero-order valence-electron chi connectivity index (χ0n) is 9.02. The summed E-state index contributed by atoms with van der Waals surface area (Å²) < 4.78 is 37.4. The molecule has 0 aliphatic rings. The summed E-state index contributed by atoms with van der Waals surface area (Å²) in [4.78, 5) is 7.28. The molecule has 7 heteroatoms. The highest BCUT2D eigenvalue weighted by Crippen LogP contribution is 2.29. The number of hydrogen-bond donors (Lipinski definition) is 2. The first kappa shape index (κ1) is 12.5. The van der Waals surface area contributed by atoms with Crippen molar-refractivity contribution in [2.24, 2.45) is 0 Å². The number of rotatable bonds is 4. The molecule has 0 aliphatic heterocycles. The predicted molar refractivity (Wildman–Crippen MR) is 55.4 cm³/mol. The second-order valence-corrected chi connectivity index (χ2v) is 3.02. The maximum Gasteiger partial charge on any atom is 0.433 e. The third kappa shape index (κ3) is 3.25. The number of alkyl halides is 3.